The van der Waals surface area contributed by atoms with Crippen LogP contribution in [0.4, 0.5) is 10.5 Å². The van der Waals surface area contributed by atoms with Gasteiger partial charge in [-0.25, -0.2) is 4.79 Å². The van der Waals surface area contributed by atoms with Gasteiger partial charge in [-0.2, -0.15) is 0 Å². The summed E-state index contributed by atoms with van der Waals surface area (Å²) in [5.74, 6) is 0. The molecular formula is C25H33N3O4. The molecule has 2 aliphatic rings. The number of piperidine rings is 1. The number of ether oxygens (including phenoxy) is 3. The first kappa shape index (κ1) is 22.7. The molecule has 7 heteroatoms. The zero-order chi connectivity index (χ0) is 22.2. The summed E-state index contributed by atoms with van der Waals surface area (Å²) in [4.78, 5) is 17.2. The Hall–Kier alpha value is -2.45. The number of carbonyl (C=O) groups is 1. The lowest BCUT2D eigenvalue weighted by Gasteiger charge is -2.32. The fourth-order valence-electron chi connectivity index (χ4n) is 4.17. The zero-order valence-electron chi connectivity index (χ0n) is 18.7. The number of benzene rings is 2. The van der Waals surface area contributed by atoms with Crippen molar-refractivity contribution in [3.05, 3.63) is 54.6 Å². The summed E-state index contributed by atoms with van der Waals surface area (Å²) in [6.07, 6.45) is 1.18. The number of hydrogen-bond donors (Lipinski definition) is 1. The van der Waals surface area contributed by atoms with Crippen LogP contribution in [-0.4, -0.2) is 81.3 Å². The van der Waals surface area contributed by atoms with Crippen LogP contribution in [0, 0.1) is 0 Å². The fraction of sp³-hybridized carbons (Fsp3) is 0.480. The molecule has 1 N–H and O–H groups in total. The number of para-hydroxylation sites is 1. The largest absolute Gasteiger partial charge is 0.446 e. The minimum atomic E-state index is -0.386. The van der Waals surface area contributed by atoms with Crippen molar-refractivity contribution in [2.24, 2.45) is 0 Å². The van der Waals surface area contributed by atoms with E-state index in [1.807, 2.05) is 54.6 Å². The minimum absolute atomic E-state index is 0.0480. The van der Waals surface area contributed by atoms with E-state index in [1.165, 1.54) is 0 Å². The predicted molar refractivity (Wildman–Crippen MR) is 125 cm³/mol. The number of carbonyl (C=O) groups excluding carboxylic acids is 1. The van der Waals surface area contributed by atoms with Crippen molar-refractivity contribution in [3.63, 3.8) is 0 Å². The molecule has 0 saturated carbocycles. The molecule has 2 saturated heterocycles. The van der Waals surface area contributed by atoms with Crippen LogP contribution in [0.3, 0.4) is 0 Å². The topological polar surface area (TPSA) is 63.3 Å². The molecule has 7 nitrogen and oxygen atoms in total. The van der Waals surface area contributed by atoms with Crippen LogP contribution in [0.15, 0.2) is 54.6 Å². The van der Waals surface area contributed by atoms with E-state index in [0.29, 0.717) is 13.2 Å². The highest BCUT2D eigenvalue weighted by Gasteiger charge is 2.23. The highest BCUT2D eigenvalue weighted by Crippen LogP contribution is 2.28. The van der Waals surface area contributed by atoms with Gasteiger partial charge in [-0.05, 0) is 31.5 Å². The Bertz CT molecular complexity index is 849. The molecule has 2 aromatic carbocycles. The number of likely N-dealkylation sites (tertiary alicyclic amines) is 1. The Morgan fingerprint density at radius 1 is 1.06 bits per heavy atom. The number of nitrogens with zero attached hydrogens (tertiary/aromatic N) is 2. The van der Waals surface area contributed by atoms with Crippen LogP contribution < -0.4 is 5.32 Å². The molecule has 1 amide bonds. The summed E-state index contributed by atoms with van der Waals surface area (Å²) in [6.45, 7) is 6.00. The molecule has 32 heavy (non-hydrogen) atoms. The predicted octanol–water partition coefficient (Wildman–Crippen LogP) is 3.67. The lowest BCUT2D eigenvalue weighted by molar-refractivity contribution is -0.0591. The van der Waals surface area contributed by atoms with E-state index < -0.39 is 0 Å². The van der Waals surface area contributed by atoms with Crippen molar-refractivity contribution in [1.29, 1.82) is 0 Å². The number of anilines is 1. The van der Waals surface area contributed by atoms with Gasteiger partial charge >= 0.3 is 6.09 Å². The number of likely N-dealkylation sites (N-methyl/N-ethyl adjacent to an activating group) is 1. The molecule has 0 unspecified atom stereocenters. The van der Waals surface area contributed by atoms with Crippen LogP contribution in [0.2, 0.25) is 0 Å². The van der Waals surface area contributed by atoms with Crippen LogP contribution in [0.5, 0.6) is 0 Å². The first-order valence-corrected chi connectivity index (χ1v) is 11.4. The van der Waals surface area contributed by atoms with Gasteiger partial charge in [0.05, 0.1) is 18.9 Å². The minimum Gasteiger partial charge on any atom is -0.446 e. The second-order valence-corrected chi connectivity index (χ2v) is 8.42. The summed E-state index contributed by atoms with van der Waals surface area (Å²) < 4.78 is 16.7. The van der Waals surface area contributed by atoms with E-state index in [4.69, 9.17) is 14.2 Å². The molecule has 0 spiro atoms. The van der Waals surface area contributed by atoms with Crippen LogP contribution in [0.25, 0.3) is 11.1 Å². The lowest BCUT2D eigenvalue weighted by atomic mass is 10.0. The summed E-state index contributed by atoms with van der Waals surface area (Å²) in [5, 5.41) is 2.94. The molecule has 0 radical (unpaired) electrons. The van der Waals surface area contributed by atoms with E-state index in [9.17, 15) is 4.79 Å². The quantitative estimate of drug-likeness (QED) is 0.677. The van der Waals surface area contributed by atoms with Gasteiger partial charge < -0.3 is 24.0 Å². The van der Waals surface area contributed by atoms with Gasteiger partial charge in [0.15, 0.2) is 6.29 Å². The van der Waals surface area contributed by atoms with Crippen molar-refractivity contribution in [2.45, 2.75) is 25.2 Å². The van der Waals surface area contributed by atoms with Gasteiger partial charge in [0.2, 0.25) is 0 Å². The normalized spacial score (nSPS) is 18.2. The Labute approximate surface area is 190 Å². The summed E-state index contributed by atoms with van der Waals surface area (Å²) in [5.41, 5.74) is 2.81. The molecule has 172 valence electrons. The van der Waals surface area contributed by atoms with E-state index in [0.717, 1.165) is 62.4 Å². The van der Waals surface area contributed by atoms with Gasteiger partial charge in [-0.3, -0.25) is 5.32 Å². The van der Waals surface area contributed by atoms with Crippen molar-refractivity contribution in [2.75, 3.05) is 58.3 Å². The molecule has 0 aliphatic carbocycles. The van der Waals surface area contributed by atoms with E-state index in [-0.39, 0.29) is 18.5 Å². The monoisotopic (exact) mass is 439 g/mol. The Morgan fingerprint density at radius 3 is 2.50 bits per heavy atom. The third-order valence-corrected chi connectivity index (χ3v) is 6.01. The lowest BCUT2D eigenvalue weighted by Crippen LogP contribution is -2.42. The summed E-state index contributed by atoms with van der Waals surface area (Å²) in [6, 6.07) is 17.8. The van der Waals surface area contributed by atoms with Gasteiger partial charge in [-0.15, -0.1) is 0 Å². The Balaban J connectivity index is 1.19. The standard InChI is InChI=1S/C25H33N3O4/c1-27(19-24-30-17-18-31-24)15-16-28-13-11-21(12-14-28)32-25(29)26-23-10-6-5-9-22(23)20-7-3-2-4-8-20/h2-10,21,24H,11-19H2,1H3,(H,26,29). The molecule has 2 aliphatic heterocycles. The molecule has 2 fully saturated rings. The van der Waals surface area contributed by atoms with Crippen LogP contribution in [0.1, 0.15) is 12.8 Å². The summed E-state index contributed by atoms with van der Waals surface area (Å²) >= 11 is 0. The fourth-order valence-corrected chi connectivity index (χ4v) is 4.17. The molecular weight excluding hydrogens is 406 g/mol. The number of rotatable bonds is 8. The van der Waals surface area contributed by atoms with E-state index in [2.05, 4.69) is 22.2 Å². The second kappa shape index (κ2) is 11.4. The van der Waals surface area contributed by atoms with Crippen LogP contribution >= 0.6 is 0 Å². The number of hydrogen-bond acceptors (Lipinski definition) is 6. The molecule has 0 atom stereocenters. The zero-order valence-corrected chi connectivity index (χ0v) is 18.7. The van der Waals surface area contributed by atoms with E-state index in [1.54, 1.807) is 0 Å². The third-order valence-electron chi connectivity index (χ3n) is 6.01. The van der Waals surface area contributed by atoms with Crippen molar-refractivity contribution < 1.29 is 19.0 Å². The highest BCUT2D eigenvalue weighted by atomic mass is 16.7. The molecule has 4 rings (SSSR count). The highest BCUT2D eigenvalue weighted by molar-refractivity contribution is 5.91. The maximum Gasteiger partial charge on any atom is 0.411 e. The summed E-state index contributed by atoms with van der Waals surface area (Å²) in [7, 11) is 2.10. The van der Waals surface area contributed by atoms with Crippen molar-refractivity contribution >= 4 is 11.8 Å². The number of nitrogens with one attached hydrogen (secondary N) is 1. The molecule has 2 aromatic rings. The molecule has 0 bridgehead atoms. The van der Waals surface area contributed by atoms with Gasteiger partial charge in [0.25, 0.3) is 0 Å². The maximum absolute atomic E-state index is 12.5. The van der Waals surface area contributed by atoms with Gasteiger partial charge in [-0.1, -0.05) is 48.5 Å². The van der Waals surface area contributed by atoms with E-state index >= 15 is 0 Å². The SMILES string of the molecule is CN(CCN1CCC(OC(=O)Nc2ccccc2-c2ccccc2)CC1)CC1OCCO1. The molecule has 2 heterocycles. The maximum atomic E-state index is 12.5. The third kappa shape index (κ3) is 6.53. The average Bonchev–Trinajstić information content (AvgIpc) is 3.32. The first-order valence-electron chi connectivity index (χ1n) is 11.4. The smallest absolute Gasteiger partial charge is 0.411 e. The van der Waals surface area contributed by atoms with Gasteiger partial charge in [0, 0.05) is 38.3 Å². The number of amides is 1. The van der Waals surface area contributed by atoms with Crippen molar-refractivity contribution in [3.8, 4) is 11.1 Å². The second-order valence-electron chi connectivity index (χ2n) is 8.42. The molecule has 0 aromatic heterocycles. The van der Waals surface area contributed by atoms with Crippen molar-refractivity contribution in [1.82, 2.24) is 9.80 Å². The average molecular weight is 440 g/mol. The van der Waals surface area contributed by atoms with Crippen LogP contribution in [-0.2, 0) is 14.2 Å². The first-order chi connectivity index (χ1) is 15.7. The Kier molecular flexibility index (Phi) is 8.12. The Morgan fingerprint density at radius 2 is 1.75 bits per heavy atom. The van der Waals surface area contributed by atoms with Gasteiger partial charge in [0.1, 0.15) is 6.10 Å².